The molecule has 2 unspecified atom stereocenters. The zero-order chi connectivity index (χ0) is 11.3. The number of nitrogens with two attached hydrogens (primary N) is 1. The molecule has 2 aliphatic heterocycles. The second-order valence-electron chi connectivity index (χ2n) is 4.20. The molecule has 1 aromatic rings. The normalized spacial score (nSPS) is 25.5. The van der Waals surface area contributed by atoms with E-state index in [1.807, 2.05) is 19.1 Å². The second-order valence-corrected chi connectivity index (χ2v) is 4.20. The first-order valence-corrected chi connectivity index (χ1v) is 5.46. The van der Waals surface area contributed by atoms with E-state index in [-0.39, 0.29) is 18.1 Å². The Kier molecular flexibility index (Phi) is 1.85. The number of hydrogen-bond acceptors (Lipinski definition) is 4. The summed E-state index contributed by atoms with van der Waals surface area (Å²) in [7, 11) is 0. The van der Waals surface area contributed by atoms with Crippen molar-refractivity contribution in [2.45, 2.75) is 25.6 Å². The van der Waals surface area contributed by atoms with Gasteiger partial charge in [0.2, 0.25) is 5.91 Å². The predicted octanol–water partition coefficient (Wildman–Crippen LogP) is 1.21. The molecular weight excluding hydrogens is 204 g/mol. The summed E-state index contributed by atoms with van der Waals surface area (Å²) in [6.45, 7) is 2.02. The maximum absolute atomic E-state index is 11.7. The highest BCUT2D eigenvalue weighted by molar-refractivity contribution is 6.04. The molecule has 0 fully saturated rings. The number of carbonyl (C=O) groups excluding carboxylic acids is 1. The summed E-state index contributed by atoms with van der Waals surface area (Å²) >= 11 is 0. The summed E-state index contributed by atoms with van der Waals surface area (Å²) < 4.78 is 0. The Morgan fingerprint density at radius 2 is 1.94 bits per heavy atom. The van der Waals surface area contributed by atoms with Gasteiger partial charge in [-0.25, -0.2) is 0 Å². The average Bonchev–Trinajstić information content (AvgIpc) is 2.71. The molecule has 1 amide bonds. The van der Waals surface area contributed by atoms with Gasteiger partial charge in [0.1, 0.15) is 0 Å². The van der Waals surface area contributed by atoms with Crippen LogP contribution in [0.3, 0.4) is 0 Å². The number of hydrogen-bond donors (Lipinski definition) is 4. The molecule has 3 rings (SSSR count). The molecule has 84 valence electrons. The van der Waals surface area contributed by atoms with Gasteiger partial charge in [-0.2, -0.15) is 0 Å². The van der Waals surface area contributed by atoms with Crippen molar-refractivity contribution in [2.24, 2.45) is 5.73 Å². The third-order valence-corrected chi connectivity index (χ3v) is 3.17. The summed E-state index contributed by atoms with van der Waals surface area (Å²) in [5.41, 5.74) is 9.62. The number of rotatable bonds is 1. The zero-order valence-electron chi connectivity index (χ0n) is 9.00. The van der Waals surface area contributed by atoms with Gasteiger partial charge in [-0.1, -0.05) is 6.92 Å². The van der Waals surface area contributed by atoms with Crippen LogP contribution in [0.15, 0.2) is 12.1 Å². The summed E-state index contributed by atoms with van der Waals surface area (Å²) in [4.78, 5) is 11.7. The number of anilines is 3. The van der Waals surface area contributed by atoms with Crippen LogP contribution in [-0.2, 0) is 4.79 Å². The van der Waals surface area contributed by atoms with Crippen molar-refractivity contribution in [3.8, 4) is 0 Å². The van der Waals surface area contributed by atoms with Gasteiger partial charge < -0.3 is 16.0 Å². The molecule has 1 aromatic carbocycles. The molecule has 2 atom stereocenters. The Hall–Kier alpha value is -1.75. The van der Waals surface area contributed by atoms with Crippen LogP contribution in [0.4, 0.5) is 17.1 Å². The quantitative estimate of drug-likeness (QED) is 0.571. The van der Waals surface area contributed by atoms with Crippen LogP contribution in [0.2, 0.25) is 0 Å². The van der Waals surface area contributed by atoms with Gasteiger partial charge in [-0.3, -0.25) is 10.5 Å². The lowest BCUT2D eigenvalue weighted by molar-refractivity contribution is -0.117. The molecule has 5 heteroatoms. The van der Waals surface area contributed by atoms with E-state index in [1.54, 1.807) is 0 Å². The van der Waals surface area contributed by atoms with Crippen LogP contribution in [-0.4, -0.2) is 12.2 Å². The van der Waals surface area contributed by atoms with E-state index >= 15 is 0 Å². The first-order valence-electron chi connectivity index (χ1n) is 5.46. The second kappa shape index (κ2) is 3.12. The summed E-state index contributed by atoms with van der Waals surface area (Å²) in [6, 6.07) is 3.95. The molecule has 0 radical (unpaired) electrons. The minimum absolute atomic E-state index is 0.0288. The highest BCUT2D eigenvalue weighted by Gasteiger charge is 2.31. The molecule has 5 N–H and O–H groups in total. The Morgan fingerprint density at radius 1 is 1.25 bits per heavy atom. The van der Waals surface area contributed by atoms with Crippen LogP contribution in [0.25, 0.3) is 0 Å². The Balaban J connectivity index is 2.08. The minimum Gasteiger partial charge on any atom is -0.352 e. The molecule has 5 nitrogen and oxygen atoms in total. The van der Waals surface area contributed by atoms with Crippen molar-refractivity contribution in [2.75, 3.05) is 16.0 Å². The molecule has 0 saturated heterocycles. The highest BCUT2D eigenvalue weighted by atomic mass is 16.2. The van der Waals surface area contributed by atoms with Crippen LogP contribution in [0.5, 0.6) is 0 Å². The van der Waals surface area contributed by atoms with Crippen molar-refractivity contribution in [1.82, 2.24) is 0 Å². The zero-order valence-corrected chi connectivity index (χ0v) is 9.00. The highest BCUT2D eigenvalue weighted by Crippen LogP contribution is 2.41. The fourth-order valence-corrected chi connectivity index (χ4v) is 2.39. The van der Waals surface area contributed by atoms with Crippen molar-refractivity contribution < 1.29 is 4.79 Å². The minimum atomic E-state index is -0.242. The average molecular weight is 218 g/mol. The molecule has 0 aromatic heterocycles. The predicted molar refractivity (Wildman–Crippen MR) is 63.3 cm³/mol. The molecule has 2 aliphatic rings. The Morgan fingerprint density at radius 3 is 2.62 bits per heavy atom. The van der Waals surface area contributed by atoms with Gasteiger partial charge in [0.25, 0.3) is 0 Å². The van der Waals surface area contributed by atoms with Gasteiger partial charge >= 0.3 is 0 Å². The van der Waals surface area contributed by atoms with Crippen molar-refractivity contribution in [3.05, 3.63) is 17.7 Å². The topological polar surface area (TPSA) is 79.2 Å². The summed E-state index contributed by atoms with van der Waals surface area (Å²) in [5, 5.41) is 9.10. The van der Waals surface area contributed by atoms with Gasteiger partial charge in [-0.15, -0.1) is 0 Å². The molecule has 0 aliphatic carbocycles. The number of nitrogens with one attached hydrogen (secondary N) is 3. The lowest BCUT2D eigenvalue weighted by Gasteiger charge is -2.06. The smallest absolute Gasteiger partial charge is 0.231 e. The van der Waals surface area contributed by atoms with E-state index in [0.29, 0.717) is 0 Å². The number of amides is 1. The van der Waals surface area contributed by atoms with Gasteiger partial charge in [-0.05, 0) is 24.1 Å². The maximum atomic E-state index is 11.7. The lowest BCUT2D eigenvalue weighted by Crippen LogP contribution is -2.31. The lowest BCUT2D eigenvalue weighted by atomic mass is 9.97. The Bertz CT molecular complexity index is 471. The van der Waals surface area contributed by atoms with Crippen molar-refractivity contribution in [3.63, 3.8) is 0 Å². The first kappa shape index (κ1) is 9.47. The van der Waals surface area contributed by atoms with Gasteiger partial charge in [0.05, 0.1) is 17.3 Å². The monoisotopic (exact) mass is 218 g/mol. The first-order chi connectivity index (χ1) is 7.69. The van der Waals surface area contributed by atoms with Gasteiger partial charge in [0.15, 0.2) is 6.29 Å². The van der Waals surface area contributed by atoms with E-state index in [2.05, 4.69) is 16.0 Å². The largest absolute Gasteiger partial charge is 0.352 e. The Labute approximate surface area is 93.4 Å². The summed E-state index contributed by atoms with van der Waals surface area (Å²) in [5.74, 6) is 0.0596. The van der Waals surface area contributed by atoms with Gasteiger partial charge in [0, 0.05) is 5.69 Å². The molecular formula is C11H14N4O. The van der Waals surface area contributed by atoms with E-state index < -0.39 is 0 Å². The van der Waals surface area contributed by atoms with E-state index in [4.69, 9.17) is 5.73 Å². The summed E-state index contributed by atoms with van der Waals surface area (Å²) in [6.07, 6.45) is 0.574. The van der Waals surface area contributed by atoms with Crippen molar-refractivity contribution >= 4 is 23.0 Å². The molecule has 2 heterocycles. The number of carbonyl (C=O) groups is 1. The van der Waals surface area contributed by atoms with Crippen LogP contribution in [0, 0.1) is 0 Å². The van der Waals surface area contributed by atoms with E-state index in [9.17, 15) is 4.79 Å². The van der Waals surface area contributed by atoms with E-state index in [1.165, 1.54) is 0 Å². The standard InChI is InChI=1S/C11H14N4O/c1-2-5-6-3-8-9(15-11(12)14-8)4-7(6)13-10(5)16/h3-5,11,14-15H,2,12H2,1H3,(H,13,16). The fraction of sp³-hybridized carbons (Fsp3) is 0.364. The molecule has 16 heavy (non-hydrogen) atoms. The molecule has 0 bridgehead atoms. The van der Waals surface area contributed by atoms with E-state index in [0.717, 1.165) is 29.0 Å². The maximum Gasteiger partial charge on any atom is 0.231 e. The molecule has 0 spiro atoms. The van der Waals surface area contributed by atoms with Crippen molar-refractivity contribution in [1.29, 1.82) is 0 Å². The van der Waals surface area contributed by atoms with Crippen LogP contribution < -0.4 is 21.7 Å². The number of fused-ring (bicyclic) bond motifs is 2. The SMILES string of the molecule is CCC1C(=O)Nc2cc3c(cc21)NC(N)N3. The molecule has 0 saturated carbocycles. The van der Waals surface area contributed by atoms with Crippen LogP contribution >= 0.6 is 0 Å². The van der Waals surface area contributed by atoms with Crippen LogP contribution in [0.1, 0.15) is 24.8 Å². The third kappa shape index (κ3) is 1.18. The third-order valence-electron chi connectivity index (χ3n) is 3.17. The number of benzene rings is 1. The fourth-order valence-electron chi connectivity index (χ4n) is 2.39.